The zero-order chi connectivity index (χ0) is 10.8. The molecular weight excluding hydrogens is 199 g/mol. The van der Waals surface area contributed by atoms with Gasteiger partial charge in [0, 0.05) is 6.20 Å². The topological polar surface area (TPSA) is 55.1 Å². The van der Waals surface area contributed by atoms with E-state index in [0.29, 0.717) is 10.9 Å². The van der Waals surface area contributed by atoms with Gasteiger partial charge in [0.25, 0.3) is 0 Å². The number of carboxylic acids is 1. The summed E-state index contributed by atoms with van der Waals surface area (Å²) >= 11 is 0. The molecule has 4 nitrogen and oxygen atoms in total. The minimum Gasteiger partial charge on any atom is -0.481 e. The summed E-state index contributed by atoms with van der Waals surface area (Å²) in [5.41, 5.74) is 0.542. The quantitative estimate of drug-likeness (QED) is 0.834. The lowest BCUT2D eigenvalue weighted by Crippen LogP contribution is -2.04. The molecule has 0 fully saturated rings. The number of hydrogen-bond donors (Lipinski definition) is 1. The van der Waals surface area contributed by atoms with Crippen molar-refractivity contribution >= 4 is 16.9 Å². The van der Waals surface area contributed by atoms with Crippen molar-refractivity contribution in [1.29, 1.82) is 0 Å². The number of aliphatic carboxylic acids is 1. The normalized spacial score (nSPS) is 10.7. The molecule has 1 N–H and O–H groups in total. The molecule has 0 saturated carbocycles. The Bertz CT molecular complexity index is 507. The Labute approximate surface area is 84.9 Å². The molecule has 0 atom stereocenters. The molecule has 0 aliphatic carbocycles. The standard InChI is InChI=1S/C10H9FN2O2/c11-8-2-1-3-9-7(8)6-13(12-9)5-4-10(14)15/h1-3,6H,4-5H2,(H,14,15). The largest absolute Gasteiger partial charge is 0.481 e. The summed E-state index contributed by atoms with van der Waals surface area (Å²) in [6.07, 6.45) is 1.50. The van der Waals surface area contributed by atoms with E-state index in [1.807, 2.05) is 0 Å². The van der Waals surface area contributed by atoms with E-state index in [2.05, 4.69) is 5.10 Å². The Morgan fingerprint density at radius 2 is 2.33 bits per heavy atom. The Balaban J connectivity index is 2.31. The van der Waals surface area contributed by atoms with Crippen molar-refractivity contribution in [1.82, 2.24) is 9.78 Å². The number of hydrogen-bond acceptors (Lipinski definition) is 2. The summed E-state index contributed by atoms with van der Waals surface area (Å²) in [7, 11) is 0. The average Bonchev–Trinajstić information content (AvgIpc) is 2.59. The van der Waals surface area contributed by atoms with E-state index in [1.54, 1.807) is 12.1 Å². The van der Waals surface area contributed by atoms with Crippen molar-refractivity contribution < 1.29 is 14.3 Å². The number of carboxylic acid groups (broad SMARTS) is 1. The molecule has 1 aromatic heterocycles. The zero-order valence-electron chi connectivity index (χ0n) is 7.85. The molecule has 0 saturated heterocycles. The molecule has 2 rings (SSSR count). The molecular formula is C10H9FN2O2. The third kappa shape index (κ3) is 1.96. The molecule has 0 unspecified atom stereocenters. The second-order valence-corrected chi connectivity index (χ2v) is 3.21. The van der Waals surface area contributed by atoms with E-state index >= 15 is 0 Å². The van der Waals surface area contributed by atoms with E-state index in [-0.39, 0.29) is 18.8 Å². The number of halogens is 1. The van der Waals surface area contributed by atoms with E-state index in [0.717, 1.165) is 0 Å². The molecule has 1 aromatic carbocycles. The fraction of sp³-hybridized carbons (Fsp3) is 0.200. The summed E-state index contributed by atoms with van der Waals surface area (Å²) in [6, 6.07) is 4.62. The molecule has 0 aliphatic heterocycles. The monoisotopic (exact) mass is 208 g/mol. The van der Waals surface area contributed by atoms with E-state index < -0.39 is 5.97 Å². The number of rotatable bonds is 3. The van der Waals surface area contributed by atoms with Crippen LogP contribution in [0.3, 0.4) is 0 Å². The second-order valence-electron chi connectivity index (χ2n) is 3.21. The Morgan fingerprint density at radius 1 is 1.53 bits per heavy atom. The highest BCUT2D eigenvalue weighted by atomic mass is 19.1. The summed E-state index contributed by atoms with van der Waals surface area (Å²) < 4.78 is 14.7. The van der Waals surface area contributed by atoms with E-state index in [1.165, 1.54) is 16.9 Å². The maximum Gasteiger partial charge on any atom is 0.305 e. The predicted octanol–water partition coefficient (Wildman–Crippen LogP) is 1.65. The highest BCUT2D eigenvalue weighted by molar-refractivity contribution is 5.78. The number of fused-ring (bicyclic) bond motifs is 1. The van der Waals surface area contributed by atoms with Crippen LogP contribution < -0.4 is 0 Å². The lowest BCUT2D eigenvalue weighted by molar-refractivity contribution is -0.137. The van der Waals surface area contributed by atoms with Crippen LogP contribution in [-0.2, 0) is 11.3 Å². The molecule has 0 aliphatic rings. The predicted molar refractivity (Wildman–Crippen MR) is 51.9 cm³/mol. The van der Waals surface area contributed by atoms with Crippen LogP contribution in [0.15, 0.2) is 24.4 Å². The summed E-state index contributed by atoms with van der Waals surface area (Å²) in [5.74, 6) is -1.23. The first-order valence-electron chi connectivity index (χ1n) is 4.50. The van der Waals surface area contributed by atoms with Gasteiger partial charge < -0.3 is 5.11 Å². The van der Waals surface area contributed by atoms with Crippen molar-refractivity contribution in [3.05, 3.63) is 30.2 Å². The number of carbonyl (C=O) groups is 1. The highest BCUT2D eigenvalue weighted by Gasteiger charge is 2.05. The molecule has 0 amide bonds. The van der Waals surface area contributed by atoms with Gasteiger partial charge in [-0.25, -0.2) is 4.39 Å². The van der Waals surface area contributed by atoms with Crippen molar-refractivity contribution in [3.8, 4) is 0 Å². The molecule has 0 radical (unpaired) electrons. The smallest absolute Gasteiger partial charge is 0.305 e. The molecule has 78 valence electrons. The summed E-state index contributed by atoms with van der Waals surface area (Å²) in [5, 5.41) is 13.0. The van der Waals surface area contributed by atoms with Gasteiger partial charge in [0.1, 0.15) is 5.82 Å². The van der Waals surface area contributed by atoms with Crippen LogP contribution in [-0.4, -0.2) is 20.9 Å². The third-order valence-electron chi connectivity index (χ3n) is 2.10. The zero-order valence-corrected chi connectivity index (χ0v) is 7.85. The van der Waals surface area contributed by atoms with Gasteiger partial charge in [-0.1, -0.05) is 6.07 Å². The SMILES string of the molecule is O=C(O)CCn1cc2c(F)cccc2n1. The fourth-order valence-electron chi connectivity index (χ4n) is 1.38. The van der Waals surface area contributed by atoms with Crippen LogP contribution in [0.4, 0.5) is 4.39 Å². The van der Waals surface area contributed by atoms with E-state index in [9.17, 15) is 9.18 Å². The van der Waals surface area contributed by atoms with Crippen LogP contribution in [0.1, 0.15) is 6.42 Å². The lowest BCUT2D eigenvalue weighted by Gasteiger charge is -1.95. The maximum absolute atomic E-state index is 13.2. The summed E-state index contributed by atoms with van der Waals surface area (Å²) in [6.45, 7) is 0.253. The number of aryl methyl sites for hydroxylation is 1. The number of nitrogens with zero attached hydrogens (tertiary/aromatic N) is 2. The number of aromatic nitrogens is 2. The molecule has 0 bridgehead atoms. The van der Waals surface area contributed by atoms with Gasteiger partial charge in [-0.05, 0) is 12.1 Å². The molecule has 15 heavy (non-hydrogen) atoms. The first-order valence-corrected chi connectivity index (χ1v) is 4.50. The molecule has 0 spiro atoms. The second kappa shape index (κ2) is 3.68. The van der Waals surface area contributed by atoms with Gasteiger partial charge >= 0.3 is 5.97 Å². The van der Waals surface area contributed by atoms with Crippen LogP contribution in [0.5, 0.6) is 0 Å². The molecule has 1 heterocycles. The van der Waals surface area contributed by atoms with Gasteiger partial charge in [0.05, 0.1) is 23.9 Å². The van der Waals surface area contributed by atoms with Gasteiger partial charge in [-0.2, -0.15) is 5.10 Å². The first kappa shape index (κ1) is 9.64. The Kier molecular flexibility index (Phi) is 2.37. The van der Waals surface area contributed by atoms with Gasteiger partial charge in [-0.3, -0.25) is 9.48 Å². The molecule has 5 heteroatoms. The minimum absolute atomic E-state index is 0.0182. The van der Waals surface area contributed by atoms with Crippen LogP contribution in [0.25, 0.3) is 10.9 Å². The third-order valence-corrected chi connectivity index (χ3v) is 2.10. The van der Waals surface area contributed by atoms with Crippen LogP contribution >= 0.6 is 0 Å². The fourth-order valence-corrected chi connectivity index (χ4v) is 1.38. The summed E-state index contributed by atoms with van der Waals surface area (Å²) in [4.78, 5) is 10.3. The van der Waals surface area contributed by atoms with Gasteiger partial charge in [-0.15, -0.1) is 0 Å². The number of benzene rings is 1. The maximum atomic E-state index is 13.2. The van der Waals surface area contributed by atoms with Crippen molar-refractivity contribution in [3.63, 3.8) is 0 Å². The highest BCUT2D eigenvalue weighted by Crippen LogP contribution is 2.15. The van der Waals surface area contributed by atoms with Crippen molar-refractivity contribution in [2.45, 2.75) is 13.0 Å². The Morgan fingerprint density at radius 3 is 3.00 bits per heavy atom. The van der Waals surface area contributed by atoms with Crippen molar-refractivity contribution in [2.24, 2.45) is 0 Å². The van der Waals surface area contributed by atoms with Gasteiger partial charge in [0.2, 0.25) is 0 Å². The average molecular weight is 208 g/mol. The van der Waals surface area contributed by atoms with Crippen LogP contribution in [0.2, 0.25) is 0 Å². The lowest BCUT2D eigenvalue weighted by atomic mass is 10.2. The Hall–Kier alpha value is -1.91. The minimum atomic E-state index is -0.893. The van der Waals surface area contributed by atoms with Crippen LogP contribution in [0, 0.1) is 5.82 Å². The van der Waals surface area contributed by atoms with Gasteiger partial charge in [0.15, 0.2) is 0 Å². The van der Waals surface area contributed by atoms with Crippen molar-refractivity contribution in [2.75, 3.05) is 0 Å². The molecule has 2 aromatic rings. The van der Waals surface area contributed by atoms with E-state index in [4.69, 9.17) is 5.11 Å². The first-order chi connectivity index (χ1) is 7.16.